The lowest BCUT2D eigenvalue weighted by atomic mass is 10.0. The van der Waals surface area contributed by atoms with Gasteiger partial charge in [-0.3, -0.25) is 9.10 Å². The van der Waals surface area contributed by atoms with Crippen LogP contribution in [0.2, 0.25) is 0 Å². The van der Waals surface area contributed by atoms with Crippen LogP contribution in [0, 0.1) is 0 Å². The van der Waals surface area contributed by atoms with Gasteiger partial charge in [-0.15, -0.1) is 0 Å². The van der Waals surface area contributed by atoms with Gasteiger partial charge in [-0.05, 0) is 36.1 Å². The highest BCUT2D eigenvalue weighted by atomic mass is 32.2. The third-order valence-corrected chi connectivity index (χ3v) is 5.36. The van der Waals surface area contributed by atoms with Gasteiger partial charge in [0.2, 0.25) is 15.9 Å². The Kier molecular flexibility index (Phi) is 6.42. The minimum Gasteiger partial charge on any atom is -0.324 e. The first-order chi connectivity index (χ1) is 12.3. The zero-order chi connectivity index (χ0) is 19.3. The molecule has 140 valence electrons. The quantitative estimate of drug-likeness (QED) is 0.797. The number of sulfonamides is 1. The number of carbonyl (C=O) groups is 1. The fourth-order valence-electron chi connectivity index (χ4n) is 2.97. The second kappa shape index (κ2) is 8.36. The highest BCUT2D eigenvalue weighted by Crippen LogP contribution is 2.26. The van der Waals surface area contributed by atoms with Crippen LogP contribution in [0.4, 0.5) is 11.4 Å². The Morgan fingerprint density at radius 3 is 2.15 bits per heavy atom. The first-order valence-electron chi connectivity index (χ1n) is 8.70. The standard InChI is InChI=1S/C20H26N2O3S/c1-5-19(22(26(4,24)25)16-11-7-6-8-12-16)20(23)21-18-14-10-9-13-17(18)15(2)3/h6-15,19H,5H2,1-4H3,(H,21,23). The lowest BCUT2D eigenvalue weighted by molar-refractivity contribution is -0.117. The van der Waals surface area contributed by atoms with Crippen molar-refractivity contribution >= 4 is 27.3 Å². The zero-order valence-corrected chi connectivity index (χ0v) is 16.5. The maximum atomic E-state index is 13.0. The van der Waals surface area contributed by atoms with Crippen LogP contribution < -0.4 is 9.62 Å². The molecule has 5 nitrogen and oxygen atoms in total. The maximum absolute atomic E-state index is 13.0. The predicted molar refractivity (Wildman–Crippen MR) is 107 cm³/mol. The van der Waals surface area contributed by atoms with Gasteiger partial charge in [0.05, 0.1) is 11.9 Å². The molecule has 0 fully saturated rings. The number of rotatable bonds is 7. The summed E-state index contributed by atoms with van der Waals surface area (Å²) < 4.78 is 26.0. The molecular formula is C20H26N2O3S. The summed E-state index contributed by atoms with van der Waals surface area (Å²) in [6.07, 6.45) is 1.48. The molecule has 1 atom stereocenters. The van der Waals surface area contributed by atoms with E-state index in [1.807, 2.05) is 30.3 Å². The van der Waals surface area contributed by atoms with E-state index < -0.39 is 16.1 Å². The summed E-state index contributed by atoms with van der Waals surface area (Å²) in [4.78, 5) is 13.0. The van der Waals surface area contributed by atoms with Crippen LogP contribution >= 0.6 is 0 Å². The van der Waals surface area contributed by atoms with Crippen LogP contribution in [-0.2, 0) is 14.8 Å². The normalized spacial score (nSPS) is 12.7. The van der Waals surface area contributed by atoms with E-state index >= 15 is 0 Å². The van der Waals surface area contributed by atoms with E-state index in [1.165, 1.54) is 4.31 Å². The van der Waals surface area contributed by atoms with Crippen molar-refractivity contribution in [2.45, 2.75) is 39.2 Å². The Labute approximate surface area is 156 Å². The molecule has 2 aromatic carbocycles. The molecule has 0 saturated carbocycles. The molecule has 0 aliphatic rings. The van der Waals surface area contributed by atoms with Crippen LogP contribution in [0.3, 0.4) is 0 Å². The van der Waals surface area contributed by atoms with Crippen molar-refractivity contribution < 1.29 is 13.2 Å². The summed E-state index contributed by atoms with van der Waals surface area (Å²) in [5.41, 5.74) is 2.21. The van der Waals surface area contributed by atoms with Gasteiger partial charge in [0.1, 0.15) is 6.04 Å². The third kappa shape index (κ3) is 4.64. The molecule has 1 unspecified atom stereocenters. The topological polar surface area (TPSA) is 66.5 Å². The molecule has 6 heteroatoms. The van der Waals surface area contributed by atoms with E-state index in [0.29, 0.717) is 17.8 Å². The van der Waals surface area contributed by atoms with Gasteiger partial charge in [-0.1, -0.05) is 57.2 Å². The number of benzene rings is 2. The van der Waals surface area contributed by atoms with Crippen molar-refractivity contribution in [1.82, 2.24) is 0 Å². The monoisotopic (exact) mass is 374 g/mol. The third-order valence-electron chi connectivity index (χ3n) is 4.18. The second-order valence-electron chi connectivity index (χ2n) is 6.55. The Balaban J connectivity index is 2.38. The predicted octanol–water partition coefficient (Wildman–Crippen LogP) is 3.99. The van der Waals surface area contributed by atoms with Gasteiger partial charge in [0, 0.05) is 5.69 Å². The van der Waals surface area contributed by atoms with Crippen LogP contribution in [0.5, 0.6) is 0 Å². The van der Waals surface area contributed by atoms with Crippen LogP contribution in [0.15, 0.2) is 54.6 Å². The summed E-state index contributed by atoms with van der Waals surface area (Å²) in [5, 5.41) is 2.92. The van der Waals surface area contributed by atoms with Gasteiger partial charge in [-0.25, -0.2) is 8.42 Å². The van der Waals surface area contributed by atoms with Crippen molar-refractivity contribution in [3.63, 3.8) is 0 Å². The number of anilines is 2. The Hall–Kier alpha value is -2.34. The molecule has 2 aromatic rings. The largest absolute Gasteiger partial charge is 0.324 e. The molecule has 0 aliphatic heterocycles. The molecule has 0 bridgehead atoms. The summed E-state index contributed by atoms with van der Waals surface area (Å²) >= 11 is 0. The molecule has 0 aromatic heterocycles. The van der Waals surface area contributed by atoms with Crippen molar-refractivity contribution in [2.24, 2.45) is 0 Å². The number of para-hydroxylation sites is 2. The average molecular weight is 375 g/mol. The van der Waals surface area contributed by atoms with E-state index in [-0.39, 0.29) is 11.8 Å². The molecule has 1 amide bonds. The maximum Gasteiger partial charge on any atom is 0.248 e. The number of hydrogen-bond acceptors (Lipinski definition) is 3. The number of nitrogens with one attached hydrogen (secondary N) is 1. The smallest absolute Gasteiger partial charge is 0.248 e. The average Bonchev–Trinajstić information content (AvgIpc) is 2.59. The number of amides is 1. The van der Waals surface area contributed by atoms with Crippen molar-refractivity contribution in [2.75, 3.05) is 15.9 Å². The lowest BCUT2D eigenvalue weighted by Crippen LogP contribution is -2.47. The highest BCUT2D eigenvalue weighted by Gasteiger charge is 2.31. The summed E-state index contributed by atoms with van der Waals surface area (Å²) in [6.45, 7) is 5.91. The molecule has 2 rings (SSSR count). The fraction of sp³-hybridized carbons (Fsp3) is 0.350. The number of hydrogen-bond donors (Lipinski definition) is 1. The molecule has 0 saturated heterocycles. The summed E-state index contributed by atoms with van der Waals surface area (Å²) in [6, 6.07) is 15.5. The first-order valence-corrected chi connectivity index (χ1v) is 10.5. The summed E-state index contributed by atoms with van der Waals surface area (Å²) in [5.74, 6) is -0.0958. The molecule has 0 aliphatic carbocycles. The van der Waals surface area contributed by atoms with Crippen molar-refractivity contribution in [3.8, 4) is 0 Å². The van der Waals surface area contributed by atoms with Gasteiger partial charge < -0.3 is 5.32 Å². The lowest BCUT2D eigenvalue weighted by Gasteiger charge is -2.30. The van der Waals surface area contributed by atoms with Gasteiger partial charge in [0.25, 0.3) is 0 Å². The highest BCUT2D eigenvalue weighted by molar-refractivity contribution is 7.92. The summed E-state index contributed by atoms with van der Waals surface area (Å²) in [7, 11) is -3.62. The van der Waals surface area contributed by atoms with Crippen LogP contribution in [-0.4, -0.2) is 26.6 Å². The van der Waals surface area contributed by atoms with Gasteiger partial charge in [0.15, 0.2) is 0 Å². The SMILES string of the molecule is CCC(C(=O)Nc1ccccc1C(C)C)N(c1ccccc1)S(C)(=O)=O. The Bertz CT molecular complexity index is 848. The van der Waals surface area contributed by atoms with E-state index in [4.69, 9.17) is 0 Å². The minimum absolute atomic E-state index is 0.242. The molecular weight excluding hydrogens is 348 g/mol. The second-order valence-corrected chi connectivity index (χ2v) is 8.41. The number of nitrogens with zero attached hydrogens (tertiary/aromatic N) is 1. The van der Waals surface area contributed by atoms with Crippen LogP contribution in [0.1, 0.15) is 38.7 Å². The Morgan fingerprint density at radius 1 is 1.04 bits per heavy atom. The molecule has 0 heterocycles. The molecule has 0 spiro atoms. The fourth-order valence-corrected chi connectivity index (χ4v) is 4.18. The Morgan fingerprint density at radius 2 is 1.62 bits per heavy atom. The van der Waals surface area contributed by atoms with E-state index in [0.717, 1.165) is 11.8 Å². The minimum atomic E-state index is -3.62. The van der Waals surface area contributed by atoms with Gasteiger partial charge in [-0.2, -0.15) is 0 Å². The molecule has 0 radical (unpaired) electrons. The molecule has 1 N–H and O–H groups in total. The van der Waals surface area contributed by atoms with Crippen LogP contribution in [0.25, 0.3) is 0 Å². The van der Waals surface area contributed by atoms with E-state index in [2.05, 4.69) is 19.2 Å². The molecule has 26 heavy (non-hydrogen) atoms. The van der Waals surface area contributed by atoms with Crippen molar-refractivity contribution in [1.29, 1.82) is 0 Å². The van der Waals surface area contributed by atoms with E-state index in [1.54, 1.807) is 31.2 Å². The van der Waals surface area contributed by atoms with Gasteiger partial charge >= 0.3 is 0 Å². The first kappa shape index (κ1) is 20.0. The number of carbonyl (C=O) groups excluding carboxylic acids is 1. The van der Waals surface area contributed by atoms with E-state index in [9.17, 15) is 13.2 Å². The van der Waals surface area contributed by atoms with Crippen molar-refractivity contribution in [3.05, 3.63) is 60.2 Å². The zero-order valence-electron chi connectivity index (χ0n) is 15.6.